The number of aromatic amines is 1. The van der Waals surface area contributed by atoms with Gasteiger partial charge < -0.3 is 56.3 Å². The van der Waals surface area contributed by atoms with E-state index in [0.717, 1.165) is 0 Å². The number of aromatic carboxylic acids is 1. The van der Waals surface area contributed by atoms with Gasteiger partial charge in [-0.2, -0.15) is 0 Å². The van der Waals surface area contributed by atoms with Crippen molar-refractivity contribution < 1.29 is 77.6 Å². The van der Waals surface area contributed by atoms with Crippen LogP contribution in [0.5, 0.6) is 5.75 Å². The quantitative estimate of drug-likeness (QED) is 0.0157. The molecule has 0 saturated carbocycles. The van der Waals surface area contributed by atoms with E-state index in [-0.39, 0.29) is 89.3 Å². The molecule has 2 heterocycles. The van der Waals surface area contributed by atoms with Gasteiger partial charge in [0.05, 0.1) is 42.0 Å². The lowest BCUT2D eigenvalue weighted by Gasteiger charge is -2.25. The van der Waals surface area contributed by atoms with Crippen LogP contribution in [-0.2, 0) is 49.6 Å². The first kappa shape index (κ1) is 63.1. The number of imidazole rings is 1. The molecule has 1 aliphatic carbocycles. The number of carboxylic acid groups (broad SMARTS) is 2. The number of hydrogen-bond donors (Lipinski definition) is 9. The average Bonchev–Trinajstić information content (AvgIpc) is 3.93. The van der Waals surface area contributed by atoms with Crippen LogP contribution in [0.25, 0.3) is 33.4 Å². The molecular formula is C58H68N6O17. The highest BCUT2D eigenvalue weighted by Gasteiger charge is 2.34. The maximum absolute atomic E-state index is 13.8. The van der Waals surface area contributed by atoms with Crippen LogP contribution in [0.2, 0.25) is 0 Å². The second kappa shape index (κ2) is 28.9. The summed E-state index contributed by atoms with van der Waals surface area (Å²) >= 11 is 0. The summed E-state index contributed by atoms with van der Waals surface area (Å²) in [5, 5.41) is 48.0. The second-order valence-electron chi connectivity index (χ2n) is 20.6. The van der Waals surface area contributed by atoms with E-state index in [1.54, 1.807) is 6.07 Å². The minimum atomic E-state index is -1.30. The SMILES string of the molecule is CC(=O)C[C@@H](C(=O)N[C@H](Cc1cnc[nH]1)C(=O)C[C@H](CCC(=O)O)C(=O)N[C@H](C)C(=O)C[C@H](C)C(=O)N[C@H](C)C(=O)C[C@H](CCCCCC(=O)c1ccc(C(=O)O)c(-c2c3ccc(=O)cc-3oc3cc(O)ccc23)c1)C(N)=O)[C@H](C)O. The number of phenolic OH excluding ortho intramolecular Hbond substituents is 1. The summed E-state index contributed by atoms with van der Waals surface area (Å²) in [5.74, 6) is -12.5. The molecule has 0 saturated heterocycles. The molecule has 0 bridgehead atoms. The van der Waals surface area contributed by atoms with Gasteiger partial charge in [-0.1, -0.05) is 25.8 Å². The summed E-state index contributed by atoms with van der Waals surface area (Å²) < 4.78 is 5.90. The topological polar surface area (TPSA) is 390 Å². The number of primary amides is 1. The van der Waals surface area contributed by atoms with Crippen LogP contribution in [0.15, 0.2) is 76.3 Å². The number of unbranched alkanes of at least 4 members (excludes halogenated alkanes) is 2. The lowest BCUT2D eigenvalue weighted by molar-refractivity contribution is -0.139. The molecular weight excluding hydrogens is 1050 g/mol. The Hall–Kier alpha value is -8.73. The number of aliphatic hydroxyl groups is 1. The molecule has 0 unspecified atom stereocenters. The first-order chi connectivity index (χ1) is 38.2. The molecule has 1 aliphatic heterocycles. The van der Waals surface area contributed by atoms with Crippen molar-refractivity contribution >= 4 is 75.5 Å². The number of aromatic nitrogens is 2. The van der Waals surface area contributed by atoms with Gasteiger partial charge in [0.1, 0.15) is 22.9 Å². The number of carbonyl (C=O) groups excluding carboxylic acids is 9. The number of phenols is 1. The molecule has 5 rings (SSSR count). The third kappa shape index (κ3) is 17.9. The van der Waals surface area contributed by atoms with E-state index < -0.39 is 120 Å². The molecule has 1 aromatic heterocycles. The number of aliphatic hydroxyl groups excluding tert-OH is 1. The Kier molecular flexibility index (Phi) is 22.5. The van der Waals surface area contributed by atoms with Gasteiger partial charge >= 0.3 is 11.9 Å². The second-order valence-corrected chi connectivity index (χ2v) is 20.6. The highest BCUT2D eigenvalue weighted by molar-refractivity contribution is 6.09. The van der Waals surface area contributed by atoms with Crippen LogP contribution in [0.1, 0.15) is 132 Å². The van der Waals surface area contributed by atoms with Crippen LogP contribution in [0.3, 0.4) is 0 Å². The van der Waals surface area contributed by atoms with Crippen LogP contribution < -0.4 is 27.1 Å². The fourth-order valence-corrected chi connectivity index (χ4v) is 9.38. The predicted molar refractivity (Wildman–Crippen MR) is 292 cm³/mol. The van der Waals surface area contributed by atoms with Crippen molar-refractivity contribution in [3.63, 3.8) is 0 Å². The monoisotopic (exact) mass is 1120 g/mol. The number of benzene rings is 3. The zero-order valence-electron chi connectivity index (χ0n) is 45.6. The number of Topliss-reactive ketones (excluding diaryl/α,β-unsaturated/α-hetero) is 5. The molecule has 23 nitrogen and oxygen atoms in total. The standard InChI is InChI=1S/C58H68N6O17/c1-29(19-47(70)31(3)63-56(77)36(12-18-52(73)74)23-49(72)45(24-37-27-60-28-61-37)64-57(78)43(33(5)66)20-30(2)65)55(76)62-32(4)48(71)22-35(54(59)75)9-7-6-8-10-46(69)34-11-15-40(58(79)80)44(21-34)53-41-16-13-38(67)25-50(41)81-51-26-39(68)14-17-42(51)53/h11,13-17,21,25-29,31-33,35-36,43,45,66-67H,6-10,12,18-20,22-24H2,1-5H3,(H2,59,75)(H,60,61)(H,62,76)(H,63,77)(H,64,78)(H,73,74)(H,79,80)/t29-,31+,32+,33-,35-,36-,43+,45+/m0/s1. The number of aromatic hydroxyl groups is 1. The van der Waals surface area contributed by atoms with Crippen molar-refractivity contribution in [2.45, 2.75) is 136 Å². The Morgan fingerprint density at radius 2 is 1.38 bits per heavy atom. The number of aliphatic carboxylic acids is 1. The fraction of sp³-hybridized carbons (Fsp3) is 0.431. The van der Waals surface area contributed by atoms with Crippen molar-refractivity contribution in [1.29, 1.82) is 0 Å². The molecule has 432 valence electrons. The van der Waals surface area contributed by atoms with Gasteiger partial charge in [-0.25, -0.2) is 9.78 Å². The summed E-state index contributed by atoms with van der Waals surface area (Å²) in [6.45, 7) is 6.72. The maximum atomic E-state index is 13.8. The van der Waals surface area contributed by atoms with Crippen LogP contribution in [0, 0.1) is 23.7 Å². The van der Waals surface area contributed by atoms with Crippen LogP contribution >= 0.6 is 0 Å². The lowest BCUT2D eigenvalue weighted by atomic mass is 9.88. The Bertz CT molecular complexity index is 3200. The zero-order chi connectivity index (χ0) is 59.8. The predicted octanol–water partition coefficient (Wildman–Crippen LogP) is 4.63. The molecule has 0 fully saturated rings. The van der Waals surface area contributed by atoms with Crippen molar-refractivity contribution in [2.24, 2.45) is 29.4 Å². The van der Waals surface area contributed by atoms with Gasteiger partial charge in [-0.15, -0.1) is 0 Å². The average molecular weight is 1120 g/mol. The normalized spacial score (nSPS) is 14.3. The molecule has 4 amide bonds. The maximum Gasteiger partial charge on any atom is 0.336 e. The van der Waals surface area contributed by atoms with Crippen molar-refractivity contribution in [2.75, 3.05) is 0 Å². The van der Waals surface area contributed by atoms with Crippen molar-refractivity contribution in [3.8, 4) is 28.2 Å². The van der Waals surface area contributed by atoms with Crippen molar-refractivity contribution in [3.05, 3.63) is 94.2 Å². The van der Waals surface area contributed by atoms with Gasteiger partial charge in [0.2, 0.25) is 23.6 Å². The largest absolute Gasteiger partial charge is 0.508 e. The third-order valence-corrected chi connectivity index (χ3v) is 14.1. The minimum absolute atomic E-state index is 0.0447. The molecule has 10 N–H and O–H groups in total. The highest BCUT2D eigenvalue weighted by Crippen LogP contribution is 2.42. The molecule has 81 heavy (non-hydrogen) atoms. The van der Waals surface area contributed by atoms with E-state index in [0.29, 0.717) is 41.5 Å². The number of amides is 4. The zero-order valence-corrected chi connectivity index (χ0v) is 45.6. The number of rotatable bonds is 33. The number of carbonyl (C=O) groups is 11. The fourth-order valence-electron chi connectivity index (χ4n) is 9.38. The Morgan fingerprint density at radius 3 is 2.01 bits per heavy atom. The van der Waals surface area contributed by atoms with E-state index in [9.17, 15) is 78.0 Å². The molecule has 23 heteroatoms. The van der Waals surface area contributed by atoms with Gasteiger partial charge in [0, 0.05) is 109 Å². The summed E-state index contributed by atoms with van der Waals surface area (Å²) in [7, 11) is 0. The molecule has 2 aromatic carbocycles. The summed E-state index contributed by atoms with van der Waals surface area (Å²) in [5.41, 5.74) is 6.99. The first-order valence-electron chi connectivity index (χ1n) is 26.5. The number of nitrogens with one attached hydrogen (secondary N) is 4. The molecule has 3 aromatic rings. The van der Waals surface area contributed by atoms with E-state index >= 15 is 0 Å². The van der Waals surface area contributed by atoms with E-state index in [1.165, 1.54) is 95.7 Å². The molecule has 2 aliphatic rings. The van der Waals surface area contributed by atoms with E-state index in [4.69, 9.17) is 10.2 Å². The molecule has 0 radical (unpaired) electrons. The smallest absolute Gasteiger partial charge is 0.336 e. The Balaban J connectivity index is 1.12. The number of hydrogen-bond acceptors (Lipinski definition) is 16. The third-order valence-electron chi connectivity index (χ3n) is 14.1. The summed E-state index contributed by atoms with van der Waals surface area (Å²) in [4.78, 5) is 162. The van der Waals surface area contributed by atoms with E-state index in [1.807, 2.05) is 0 Å². The van der Waals surface area contributed by atoms with E-state index in [2.05, 4.69) is 25.9 Å². The molecule has 8 atom stereocenters. The number of nitrogens with two attached hydrogens (primary N) is 1. The van der Waals surface area contributed by atoms with Crippen LogP contribution in [-0.4, -0.2) is 119 Å². The number of fused-ring (bicyclic) bond motifs is 2. The number of ketones is 5. The van der Waals surface area contributed by atoms with Gasteiger partial charge in [0.15, 0.2) is 28.6 Å². The molecule has 0 spiro atoms. The summed E-state index contributed by atoms with van der Waals surface area (Å²) in [6.07, 6.45) is 0.297. The Morgan fingerprint density at radius 1 is 0.704 bits per heavy atom. The van der Waals surface area contributed by atoms with Crippen molar-refractivity contribution in [1.82, 2.24) is 25.9 Å². The van der Waals surface area contributed by atoms with Gasteiger partial charge in [-0.05, 0) is 88.9 Å². The number of nitrogens with zero attached hydrogens (tertiary/aromatic N) is 1. The minimum Gasteiger partial charge on any atom is -0.508 e. The highest BCUT2D eigenvalue weighted by atomic mass is 16.4. The number of H-pyrrole nitrogens is 1. The number of carboxylic acids is 2. The van der Waals surface area contributed by atoms with Gasteiger partial charge in [-0.3, -0.25) is 47.9 Å². The Labute approximate surface area is 465 Å². The first-order valence-corrected chi connectivity index (χ1v) is 26.5. The summed E-state index contributed by atoms with van der Waals surface area (Å²) in [6, 6.07) is 8.89. The van der Waals surface area contributed by atoms with Crippen LogP contribution in [0.4, 0.5) is 0 Å². The van der Waals surface area contributed by atoms with Gasteiger partial charge in [0.25, 0.3) is 0 Å². The lowest BCUT2D eigenvalue weighted by Crippen LogP contribution is -2.49.